The summed E-state index contributed by atoms with van der Waals surface area (Å²) in [4.78, 5) is 4.04. The molecule has 0 fully saturated rings. The van der Waals surface area contributed by atoms with E-state index < -0.39 is 20.2 Å². The molecule has 0 bridgehead atoms. The zero-order chi connectivity index (χ0) is 45.2. The van der Waals surface area contributed by atoms with Crippen LogP contribution < -0.4 is 14.8 Å². The van der Waals surface area contributed by atoms with E-state index in [0.717, 1.165) is 44.2 Å². The molecule has 1 aliphatic carbocycles. The second-order valence-corrected chi connectivity index (χ2v) is 20.6. The molecule has 6 aromatic rings. The summed E-state index contributed by atoms with van der Waals surface area (Å²) in [7, 11) is -9.36. The Labute approximate surface area is 383 Å². The van der Waals surface area contributed by atoms with Crippen LogP contribution in [-0.4, -0.2) is 50.5 Å². The van der Waals surface area contributed by atoms with Gasteiger partial charge in [0.1, 0.15) is 26.4 Å². The molecule has 1 heterocycles. The Kier molecular flexibility index (Phi) is 13.2. The smallest absolute Gasteiger partial charge is 0.295 e. The molecule has 0 saturated carbocycles. The number of hydrogen-bond acceptors (Lipinski definition) is 9. The second-order valence-electron chi connectivity index (χ2n) is 15.5. The van der Waals surface area contributed by atoms with E-state index in [9.17, 15) is 25.9 Å². The number of nitrogens with zero attached hydrogens (tertiary/aromatic N) is 2. The standard InChI is InChI=1S/C51H46N2O7S4/c1-34-14-13-15-35(2)50(34)52(26-28-61-40-16-7-5-8-17-40)38-22-24-43-46(32-38)60-47-33-39(23-25-44(47)49(43)45-20-11-12-21-48(45)64(57,58)59)53(27-29-62-41-18-9-6-10-19-41)51-36(3)30-42(31-37(51)4)63(54,55)56/h5-25,30-33H,26-29H2,1-4H3,(H-,54,55,56,57,58,59). The van der Waals surface area contributed by atoms with Crippen LogP contribution in [0.5, 0.6) is 0 Å². The number of rotatable bonds is 14. The van der Waals surface area contributed by atoms with Crippen molar-refractivity contribution in [3.05, 3.63) is 179 Å². The number of fused-ring (bicyclic) bond motifs is 2. The van der Waals surface area contributed by atoms with Gasteiger partial charge in [-0.2, -0.15) is 13.0 Å². The largest absolute Gasteiger partial charge is 0.744 e. The lowest BCUT2D eigenvalue weighted by Crippen LogP contribution is -2.29. The fraction of sp³-hybridized carbons (Fsp3) is 0.157. The Morgan fingerprint density at radius 2 is 1.25 bits per heavy atom. The minimum atomic E-state index is -4.71. The van der Waals surface area contributed by atoms with Crippen LogP contribution in [-0.2, 0) is 20.2 Å². The minimum absolute atomic E-state index is 0.230. The third-order valence-electron chi connectivity index (χ3n) is 11.1. The van der Waals surface area contributed by atoms with Gasteiger partial charge in [-0.1, -0.05) is 72.8 Å². The van der Waals surface area contributed by atoms with E-state index in [1.807, 2.05) is 84.9 Å². The SMILES string of the molecule is Cc1cccc(C)c1N(CCSc1ccccc1)c1ccc2c(-c3ccccc3S(=O)(=O)O)c3ccc(=[N+](CCSc4ccccc4)c4c(C)cc(S(=O)(=O)[O-])cc4C)cc-3oc2c1. The van der Waals surface area contributed by atoms with Gasteiger partial charge in [0.2, 0.25) is 11.0 Å². The zero-order valence-electron chi connectivity index (χ0n) is 35.7. The minimum Gasteiger partial charge on any atom is -0.744 e. The van der Waals surface area contributed by atoms with E-state index in [4.69, 9.17) is 4.42 Å². The maximum atomic E-state index is 13.0. The monoisotopic (exact) mass is 926 g/mol. The first-order valence-corrected chi connectivity index (χ1v) is 25.4. The van der Waals surface area contributed by atoms with Gasteiger partial charge in [-0.3, -0.25) is 4.55 Å². The summed E-state index contributed by atoms with van der Waals surface area (Å²) in [5, 5.41) is 1.38. The molecule has 8 rings (SSSR count). The van der Waals surface area contributed by atoms with E-state index in [2.05, 4.69) is 53.7 Å². The molecule has 0 spiro atoms. The molecule has 0 radical (unpaired) electrons. The number of anilines is 2. The lowest BCUT2D eigenvalue weighted by Gasteiger charge is -2.29. The molecule has 0 saturated heterocycles. The topological polar surface area (TPSA) is 131 Å². The lowest BCUT2D eigenvalue weighted by atomic mass is 9.93. The van der Waals surface area contributed by atoms with Crippen LogP contribution in [0.25, 0.3) is 33.4 Å². The average molecular weight is 927 g/mol. The van der Waals surface area contributed by atoms with E-state index >= 15 is 0 Å². The number of para-hydroxylation sites is 1. The van der Waals surface area contributed by atoms with E-state index in [-0.39, 0.29) is 9.79 Å². The summed E-state index contributed by atoms with van der Waals surface area (Å²) in [5.41, 5.74) is 8.17. The highest BCUT2D eigenvalue weighted by Crippen LogP contribution is 2.44. The van der Waals surface area contributed by atoms with Crippen molar-refractivity contribution in [1.82, 2.24) is 4.58 Å². The van der Waals surface area contributed by atoms with Gasteiger partial charge in [-0.25, -0.2) is 8.42 Å². The number of thioether (sulfide) groups is 2. The van der Waals surface area contributed by atoms with Crippen LogP contribution in [0, 0.1) is 27.7 Å². The van der Waals surface area contributed by atoms with Gasteiger partial charge >= 0.3 is 0 Å². The molecular weight excluding hydrogens is 881 g/mol. The Morgan fingerprint density at radius 3 is 1.88 bits per heavy atom. The molecule has 6 aromatic carbocycles. The van der Waals surface area contributed by atoms with Crippen molar-refractivity contribution >= 4 is 71.8 Å². The van der Waals surface area contributed by atoms with Gasteiger partial charge in [0.15, 0.2) is 6.54 Å². The highest BCUT2D eigenvalue weighted by Gasteiger charge is 2.27. The maximum Gasteiger partial charge on any atom is 0.295 e. The summed E-state index contributed by atoms with van der Waals surface area (Å²) in [6, 6.07) is 47.5. The number of aryl methyl sites for hydroxylation is 4. The molecule has 64 heavy (non-hydrogen) atoms. The summed E-state index contributed by atoms with van der Waals surface area (Å²) < 4.78 is 82.0. The van der Waals surface area contributed by atoms with Gasteiger partial charge in [0.05, 0.1) is 16.7 Å². The van der Waals surface area contributed by atoms with Crippen molar-refractivity contribution < 1.29 is 30.4 Å². The highest BCUT2D eigenvalue weighted by atomic mass is 32.2. The van der Waals surface area contributed by atoms with Crippen LogP contribution in [0.1, 0.15) is 22.3 Å². The Bertz CT molecular complexity index is 3240. The molecular formula is C51H46N2O7S4. The molecule has 0 aromatic heterocycles. The first kappa shape index (κ1) is 44.9. The predicted molar refractivity (Wildman–Crippen MR) is 259 cm³/mol. The molecule has 0 amide bonds. The normalized spacial score (nSPS) is 12.5. The van der Waals surface area contributed by atoms with Gasteiger partial charge in [-0.15, -0.1) is 23.5 Å². The highest BCUT2D eigenvalue weighted by molar-refractivity contribution is 7.99. The van der Waals surface area contributed by atoms with Gasteiger partial charge in [0.25, 0.3) is 10.1 Å². The van der Waals surface area contributed by atoms with Crippen molar-refractivity contribution in [2.45, 2.75) is 47.3 Å². The van der Waals surface area contributed by atoms with Crippen LogP contribution >= 0.6 is 23.5 Å². The molecule has 326 valence electrons. The summed E-state index contributed by atoms with van der Waals surface area (Å²) >= 11 is 3.45. The molecule has 9 nitrogen and oxygen atoms in total. The molecule has 0 atom stereocenters. The fourth-order valence-electron chi connectivity index (χ4n) is 8.39. The van der Waals surface area contributed by atoms with Crippen molar-refractivity contribution in [1.29, 1.82) is 0 Å². The average Bonchev–Trinajstić information content (AvgIpc) is 3.26. The first-order chi connectivity index (χ1) is 30.7. The third-order valence-corrected chi connectivity index (χ3v) is 14.8. The van der Waals surface area contributed by atoms with Crippen LogP contribution in [0.4, 0.5) is 17.1 Å². The quantitative estimate of drug-likeness (QED) is 0.0487. The molecule has 0 unspecified atom stereocenters. The van der Waals surface area contributed by atoms with E-state index in [1.54, 1.807) is 55.6 Å². The summed E-state index contributed by atoms with van der Waals surface area (Å²) in [6.07, 6.45) is 0. The Balaban J connectivity index is 1.37. The van der Waals surface area contributed by atoms with Crippen molar-refractivity contribution in [2.24, 2.45) is 0 Å². The Hall–Kier alpha value is -5.67. The summed E-state index contributed by atoms with van der Waals surface area (Å²) in [6.45, 7) is 8.96. The van der Waals surface area contributed by atoms with Gasteiger partial charge in [0, 0.05) is 78.8 Å². The van der Waals surface area contributed by atoms with Gasteiger partial charge < -0.3 is 13.9 Å². The number of hydrogen-bond donors (Lipinski definition) is 1. The zero-order valence-corrected chi connectivity index (χ0v) is 39.0. The predicted octanol–water partition coefficient (Wildman–Crippen LogP) is 11.4. The van der Waals surface area contributed by atoms with Crippen molar-refractivity contribution in [2.75, 3.05) is 29.5 Å². The first-order valence-electron chi connectivity index (χ1n) is 20.6. The van der Waals surface area contributed by atoms with Crippen LogP contribution in [0.15, 0.2) is 176 Å². The molecule has 1 aliphatic heterocycles. The van der Waals surface area contributed by atoms with Crippen molar-refractivity contribution in [3.63, 3.8) is 0 Å². The Morgan fingerprint density at radius 1 is 0.641 bits per heavy atom. The molecule has 1 N–H and O–H groups in total. The number of benzene rings is 7. The van der Waals surface area contributed by atoms with Crippen LogP contribution in [0.2, 0.25) is 0 Å². The van der Waals surface area contributed by atoms with Gasteiger partial charge in [-0.05, 0) is 99.5 Å². The van der Waals surface area contributed by atoms with E-state index in [0.29, 0.717) is 63.4 Å². The van der Waals surface area contributed by atoms with E-state index in [1.165, 1.54) is 23.1 Å². The van der Waals surface area contributed by atoms with Crippen LogP contribution in [0.3, 0.4) is 0 Å². The summed E-state index contributed by atoms with van der Waals surface area (Å²) in [5.74, 6) is 1.90. The third kappa shape index (κ3) is 9.70. The lowest BCUT2D eigenvalue weighted by molar-refractivity contribution is 0.462. The molecule has 2 aliphatic rings. The fourth-order valence-corrected chi connectivity index (χ4v) is 11.5. The van der Waals surface area contributed by atoms with Crippen molar-refractivity contribution in [3.8, 4) is 22.5 Å². The maximum absolute atomic E-state index is 13.0. The second kappa shape index (κ2) is 18.8. The molecule has 13 heteroatoms.